The first kappa shape index (κ1) is 16.8. The van der Waals surface area contributed by atoms with Gasteiger partial charge in [-0.05, 0) is 45.2 Å². The maximum atomic E-state index is 11.5. The second-order valence-electron chi connectivity index (χ2n) is 6.31. The lowest BCUT2D eigenvalue weighted by atomic mass is 10.0. The molecule has 2 unspecified atom stereocenters. The Hall–Kier alpha value is -2.01. The first-order valence-electron chi connectivity index (χ1n) is 8.23. The third kappa shape index (κ3) is 3.26. The first-order valence-corrected chi connectivity index (χ1v) is 8.61. The van der Waals surface area contributed by atoms with E-state index >= 15 is 0 Å². The van der Waals surface area contributed by atoms with Crippen LogP contribution in [0.25, 0.3) is 11.3 Å². The highest BCUT2D eigenvalue weighted by Gasteiger charge is 2.29. The van der Waals surface area contributed by atoms with E-state index in [4.69, 9.17) is 16.0 Å². The molecule has 2 aromatic rings. The van der Waals surface area contributed by atoms with Gasteiger partial charge in [0.15, 0.2) is 0 Å². The van der Waals surface area contributed by atoms with Crippen molar-refractivity contribution in [2.24, 2.45) is 0 Å². The van der Waals surface area contributed by atoms with Crippen molar-refractivity contribution in [3.8, 4) is 11.3 Å². The lowest BCUT2D eigenvalue weighted by Crippen LogP contribution is -2.37. The van der Waals surface area contributed by atoms with Crippen molar-refractivity contribution in [1.29, 1.82) is 0 Å². The number of halogens is 1. The summed E-state index contributed by atoms with van der Waals surface area (Å²) in [6.07, 6.45) is 3.37. The molecule has 1 saturated heterocycles. The molecule has 5 nitrogen and oxygen atoms in total. The highest BCUT2D eigenvalue weighted by Crippen LogP contribution is 2.35. The van der Waals surface area contributed by atoms with Gasteiger partial charge in [0.1, 0.15) is 17.4 Å². The van der Waals surface area contributed by atoms with Gasteiger partial charge in [-0.25, -0.2) is 0 Å². The van der Waals surface area contributed by atoms with Crippen molar-refractivity contribution in [2.45, 2.75) is 45.1 Å². The lowest BCUT2D eigenvalue weighted by molar-refractivity contribution is -0.138. The Bertz CT molecular complexity index is 726. The minimum absolute atomic E-state index is 0.337. The van der Waals surface area contributed by atoms with Crippen LogP contribution in [0.15, 0.2) is 28.7 Å². The third-order valence-corrected chi connectivity index (χ3v) is 4.82. The van der Waals surface area contributed by atoms with Crippen LogP contribution in [-0.4, -0.2) is 28.6 Å². The van der Waals surface area contributed by atoms with Gasteiger partial charge in [0.25, 0.3) is 6.01 Å². The number of oxazole rings is 1. The van der Waals surface area contributed by atoms with Gasteiger partial charge in [-0.15, -0.1) is 0 Å². The fraction of sp³-hybridized carbons (Fsp3) is 0.444. The number of nitrogens with zero attached hydrogens (tertiary/aromatic N) is 2. The van der Waals surface area contributed by atoms with Crippen LogP contribution in [0.4, 0.5) is 6.01 Å². The summed E-state index contributed by atoms with van der Waals surface area (Å²) in [5.41, 5.74) is 1.39. The SMILES string of the molecule is CC(C(=O)O)c1oc(N2CCCCC2C)nc1-c1ccc(Cl)cc1. The molecule has 1 fully saturated rings. The highest BCUT2D eigenvalue weighted by atomic mass is 35.5. The summed E-state index contributed by atoms with van der Waals surface area (Å²) in [5.74, 6) is -1.31. The maximum absolute atomic E-state index is 11.5. The average Bonchev–Trinajstić information content (AvgIpc) is 3.00. The number of aliphatic carboxylic acids is 1. The predicted octanol–water partition coefficient (Wildman–Crippen LogP) is 4.56. The van der Waals surface area contributed by atoms with E-state index in [1.807, 2.05) is 12.1 Å². The summed E-state index contributed by atoms with van der Waals surface area (Å²) in [6, 6.07) is 8.05. The largest absolute Gasteiger partial charge is 0.481 e. The number of piperidine rings is 1. The number of rotatable bonds is 4. The lowest BCUT2D eigenvalue weighted by Gasteiger charge is -2.31. The standard InChI is InChI=1S/C18H21ClN2O3/c1-11-5-3-4-10-21(11)18-20-15(13-6-8-14(19)9-7-13)16(24-18)12(2)17(22)23/h6-9,11-12H,3-5,10H2,1-2H3,(H,22,23). The summed E-state index contributed by atoms with van der Waals surface area (Å²) in [5, 5.41) is 10.0. The molecular weight excluding hydrogens is 328 g/mol. The van der Waals surface area contributed by atoms with Gasteiger partial charge in [0.05, 0.1) is 0 Å². The van der Waals surface area contributed by atoms with Gasteiger partial charge in [-0.1, -0.05) is 23.7 Å². The predicted molar refractivity (Wildman–Crippen MR) is 93.7 cm³/mol. The number of aromatic nitrogens is 1. The zero-order valence-electron chi connectivity index (χ0n) is 13.8. The smallest absolute Gasteiger partial charge is 0.314 e. The van der Waals surface area contributed by atoms with E-state index in [2.05, 4.69) is 16.8 Å². The van der Waals surface area contributed by atoms with Crippen molar-refractivity contribution in [3.05, 3.63) is 35.0 Å². The molecule has 24 heavy (non-hydrogen) atoms. The minimum atomic E-state index is -0.931. The van der Waals surface area contributed by atoms with E-state index in [9.17, 15) is 9.90 Å². The molecule has 1 aliphatic heterocycles. The summed E-state index contributed by atoms with van der Waals surface area (Å²) in [4.78, 5) is 18.2. The quantitative estimate of drug-likeness (QED) is 0.877. The third-order valence-electron chi connectivity index (χ3n) is 4.57. The number of hydrogen-bond acceptors (Lipinski definition) is 4. The number of carboxylic acid groups (broad SMARTS) is 1. The Balaban J connectivity index is 2.05. The van der Waals surface area contributed by atoms with Crippen LogP contribution in [0.2, 0.25) is 5.02 Å². The summed E-state index contributed by atoms with van der Waals surface area (Å²) >= 11 is 5.95. The van der Waals surface area contributed by atoms with Crippen LogP contribution in [0.3, 0.4) is 0 Å². The van der Waals surface area contributed by atoms with Crippen LogP contribution in [0.1, 0.15) is 44.8 Å². The van der Waals surface area contributed by atoms with E-state index in [1.165, 1.54) is 6.42 Å². The van der Waals surface area contributed by atoms with Crippen LogP contribution < -0.4 is 4.90 Å². The number of anilines is 1. The Kier molecular flexibility index (Phi) is 4.81. The summed E-state index contributed by atoms with van der Waals surface area (Å²) in [7, 11) is 0. The van der Waals surface area contributed by atoms with Crippen LogP contribution in [-0.2, 0) is 4.79 Å². The van der Waals surface area contributed by atoms with E-state index in [-0.39, 0.29) is 0 Å². The molecule has 1 aliphatic rings. The second-order valence-corrected chi connectivity index (χ2v) is 6.75. The monoisotopic (exact) mass is 348 g/mol. The molecule has 3 rings (SSSR count). The molecule has 0 amide bonds. The van der Waals surface area contributed by atoms with E-state index < -0.39 is 11.9 Å². The molecule has 0 aliphatic carbocycles. The molecule has 0 radical (unpaired) electrons. The topological polar surface area (TPSA) is 66.6 Å². The molecule has 2 heterocycles. The molecule has 1 N–H and O–H groups in total. The normalized spacial score (nSPS) is 19.3. The average molecular weight is 349 g/mol. The molecule has 0 saturated carbocycles. The highest BCUT2D eigenvalue weighted by molar-refractivity contribution is 6.30. The van der Waals surface area contributed by atoms with Crippen molar-refractivity contribution in [2.75, 3.05) is 11.4 Å². The molecular formula is C18H21ClN2O3. The zero-order chi connectivity index (χ0) is 17.3. The Morgan fingerprint density at radius 2 is 2.08 bits per heavy atom. The van der Waals surface area contributed by atoms with Gasteiger partial charge in [-0.3, -0.25) is 4.79 Å². The van der Waals surface area contributed by atoms with Gasteiger partial charge >= 0.3 is 5.97 Å². The van der Waals surface area contributed by atoms with Crippen molar-refractivity contribution >= 4 is 23.6 Å². The summed E-state index contributed by atoms with van der Waals surface area (Å²) in [6.45, 7) is 4.64. The van der Waals surface area contributed by atoms with Gasteiger partial charge in [-0.2, -0.15) is 4.98 Å². The van der Waals surface area contributed by atoms with Crippen molar-refractivity contribution in [1.82, 2.24) is 4.98 Å². The Morgan fingerprint density at radius 1 is 1.38 bits per heavy atom. The molecule has 0 spiro atoms. The van der Waals surface area contributed by atoms with Crippen molar-refractivity contribution < 1.29 is 14.3 Å². The molecule has 128 valence electrons. The minimum Gasteiger partial charge on any atom is -0.481 e. The molecule has 6 heteroatoms. The zero-order valence-corrected chi connectivity index (χ0v) is 14.6. The van der Waals surface area contributed by atoms with Crippen LogP contribution >= 0.6 is 11.6 Å². The fourth-order valence-corrected chi connectivity index (χ4v) is 3.17. The van der Waals surface area contributed by atoms with Crippen LogP contribution in [0, 0.1) is 0 Å². The Labute approximate surface area is 146 Å². The summed E-state index contributed by atoms with van der Waals surface area (Å²) < 4.78 is 5.93. The van der Waals surface area contributed by atoms with Crippen molar-refractivity contribution in [3.63, 3.8) is 0 Å². The number of hydrogen-bond donors (Lipinski definition) is 1. The van der Waals surface area contributed by atoms with Gasteiger partial charge in [0, 0.05) is 23.2 Å². The molecule has 1 aromatic heterocycles. The fourth-order valence-electron chi connectivity index (χ4n) is 3.05. The number of benzene rings is 1. The number of carboxylic acids is 1. The molecule has 2 atom stereocenters. The molecule has 1 aromatic carbocycles. The number of carbonyl (C=O) groups is 1. The first-order chi connectivity index (χ1) is 11.5. The maximum Gasteiger partial charge on any atom is 0.314 e. The van der Waals surface area contributed by atoms with E-state index in [0.717, 1.165) is 24.9 Å². The molecule has 0 bridgehead atoms. The van der Waals surface area contributed by atoms with E-state index in [1.54, 1.807) is 19.1 Å². The van der Waals surface area contributed by atoms with Gasteiger partial charge < -0.3 is 14.4 Å². The Morgan fingerprint density at radius 3 is 2.71 bits per heavy atom. The van der Waals surface area contributed by atoms with Crippen LogP contribution in [0.5, 0.6) is 0 Å². The van der Waals surface area contributed by atoms with Gasteiger partial charge in [0.2, 0.25) is 0 Å². The second kappa shape index (κ2) is 6.85. The van der Waals surface area contributed by atoms with E-state index in [0.29, 0.717) is 28.5 Å².